The first-order chi connectivity index (χ1) is 7.75. The van der Waals surface area contributed by atoms with E-state index in [1.165, 1.54) is 0 Å². The lowest BCUT2D eigenvalue weighted by Crippen LogP contribution is -2.04. The summed E-state index contributed by atoms with van der Waals surface area (Å²) >= 11 is 3.79. The summed E-state index contributed by atoms with van der Waals surface area (Å²) < 4.78 is 50.2. The van der Waals surface area contributed by atoms with Crippen LogP contribution in [0.1, 0.15) is 5.56 Å². The van der Waals surface area contributed by atoms with Crippen LogP contribution in [0.15, 0.2) is 21.9 Å². The molecule has 0 heterocycles. The molecule has 0 aliphatic carbocycles. The summed E-state index contributed by atoms with van der Waals surface area (Å²) in [6, 6.07) is 3.32. The van der Waals surface area contributed by atoms with E-state index in [2.05, 4.69) is 17.4 Å². The molecule has 0 amide bonds. The predicted octanol–water partition coefficient (Wildman–Crippen LogP) is 2.38. The molecule has 1 aromatic rings. The molecule has 0 radical (unpaired) electrons. The molecule has 0 aromatic heterocycles. The molecular formula is C8H4ClF2NO3S2. The van der Waals surface area contributed by atoms with Gasteiger partial charge in [0.15, 0.2) is 0 Å². The molecule has 92 valence electrons. The average Bonchev–Trinajstić information content (AvgIpc) is 2.17. The number of hydrogen-bond acceptors (Lipinski definition) is 5. The zero-order chi connectivity index (χ0) is 13.2. The van der Waals surface area contributed by atoms with Crippen LogP contribution in [-0.4, -0.2) is 15.0 Å². The molecule has 0 fully saturated rings. The van der Waals surface area contributed by atoms with Gasteiger partial charge < -0.3 is 4.74 Å². The highest BCUT2D eigenvalue weighted by Gasteiger charge is 2.20. The first-order valence-corrected chi connectivity index (χ1v) is 6.68. The maximum atomic E-state index is 12.0. The number of benzene rings is 1. The van der Waals surface area contributed by atoms with E-state index in [9.17, 15) is 17.2 Å². The van der Waals surface area contributed by atoms with Crippen molar-refractivity contribution < 1.29 is 21.9 Å². The van der Waals surface area contributed by atoms with Crippen molar-refractivity contribution >= 4 is 32.4 Å². The molecule has 1 aromatic carbocycles. The van der Waals surface area contributed by atoms with Crippen molar-refractivity contribution in [1.29, 1.82) is 5.26 Å². The Morgan fingerprint density at radius 2 is 2.06 bits per heavy atom. The smallest absolute Gasteiger partial charge is 0.387 e. The van der Waals surface area contributed by atoms with E-state index in [0.29, 0.717) is 0 Å². The van der Waals surface area contributed by atoms with Crippen molar-refractivity contribution in [2.45, 2.75) is 16.4 Å². The van der Waals surface area contributed by atoms with Crippen molar-refractivity contribution in [2.24, 2.45) is 0 Å². The third-order valence-electron chi connectivity index (χ3n) is 1.66. The molecule has 0 N–H and O–H groups in total. The van der Waals surface area contributed by atoms with Crippen LogP contribution in [0.25, 0.3) is 0 Å². The second-order valence-electron chi connectivity index (χ2n) is 2.75. The number of halogens is 3. The quantitative estimate of drug-likeness (QED) is 0.687. The van der Waals surface area contributed by atoms with Gasteiger partial charge in [0.25, 0.3) is 9.05 Å². The summed E-state index contributed by atoms with van der Waals surface area (Å²) in [5.41, 5.74) is -0.231. The van der Waals surface area contributed by atoms with Crippen LogP contribution in [0.4, 0.5) is 8.78 Å². The number of nitriles is 1. The summed E-state index contributed by atoms with van der Waals surface area (Å²) in [6.07, 6.45) is 0. The Morgan fingerprint density at radius 1 is 1.47 bits per heavy atom. The molecule has 0 aliphatic rings. The second kappa shape index (κ2) is 5.08. The van der Waals surface area contributed by atoms with Gasteiger partial charge in [-0.15, -0.1) is 12.6 Å². The second-order valence-corrected chi connectivity index (χ2v) is 5.73. The Labute approximate surface area is 106 Å². The van der Waals surface area contributed by atoms with Gasteiger partial charge in [0.05, 0.1) is 5.56 Å². The molecule has 4 nitrogen and oxygen atoms in total. The zero-order valence-electron chi connectivity index (χ0n) is 7.89. The third-order valence-corrected chi connectivity index (χ3v) is 3.64. The van der Waals surface area contributed by atoms with E-state index in [4.69, 9.17) is 15.9 Å². The van der Waals surface area contributed by atoms with Crippen LogP contribution in [-0.2, 0) is 9.05 Å². The highest BCUT2D eigenvalue weighted by molar-refractivity contribution is 8.14. The SMILES string of the molecule is N#Cc1cc(OC(F)F)cc(S(=O)(=O)Cl)c1S. The number of alkyl halides is 2. The summed E-state index contributed by atoms with van der Waals surface area (Å²) in [5, 5.41) is 8.69. The maximum Gasteiger partial charge on any atom is 0.387 e. The van der Waals surface area contributed by atoms with Crippen LogP contribution in [0, 0.1) is 11.3 Å². The summed E-state index contributed by atoms with van der Waals surface area (Å²) in [5.74, 6) is -0.478. The van der Waals surface area contributed by atoms with Crippen molar-refractivity contribution in [3.05, 3.63) is 17.7 Å². The van der Waals surface area contributed by atoms with Gasteiger partial charge >= 0.3 is 6.61 Å². The fraction of sp³-hybridized carbons (Fsp3) is 0.125. The van der Waals surface area contributed by atoms with E-state index in [0.717, 1.165) is 12.1 Å². The molecule has 9 heteroatoms. The highest BCUT2D eigenvalue weighted by Crippen LogP contribution is 2.31. The molecule has 17 heavy (non-hydrogen) atoms. The van der Waals surface area contributed by atoms with E-state index in [1.807, 2.05) is 0 Å². The van der Waals surface area contributed by atoms with Crippen LogP contribution in [0.5, 0.6) is 5.75 Å². The molecular weight excluding hydrogens is 296 g/mol. The Morgan fingerprint density at radius 3 is 2.47 bits per heavy atom. The third kappa shape index (κ3) is 3.46. The summed E-state index contributed by atoms with van der Waals surface area (Å²) in [7, 11) is 0.868. The predicted molar refractivity (Wildman–Crippen MR) is 58.1 cm³/mol. The van der Waals surface area contributed by atoms with Gasteiger partial charge in [0.1, 0.15) is 16.7 Å². The van der Waals surface area contributed by atoms with Crippen LogP contribution in [0.3, 0.4) is 0 Å². The molecule has 0 saturated carbocycles. The van der Waals surface area contributed by atoms with Gasteiger partial charge in [-0.05, 0) is 6.07 Å². The average molecular weight is 300 g/mol. The standard InChI is InChI=1S/C8H4ClF2NO3S2/c9-17(13,14)6-2-5(15-8(10)11)1-4(3-12)7(6)16/h1-2,8,16H. The summed E-state index contributed by atoms with van der Waals surface area (Å²) in [4.78, 5) is -0.777. The molecule has 0 aliphatic heterocycles. The molecule has 0 atom stereocenters. The maximum absolute atomic E-state index is 12.0. The van der Waals surface area contributed by atoms with Gasteiger partial charge in [-0.1, -0.05) is 0 Å². The minimum absolute atomic E-state index is 0.218. The molecule has 0 spiro atoms. The Bertz CT molecular complexity index is 583. The van der Waals surface area contributed by atoms with Gasteiger partial charge in [-0.2, -0.15) is 14.0 Å². The van der Waals surface area contributed by atoms with Crippen molar-refractivity contribution in [2.75, 3.05) is 0 Å². The summed E-state index contributed by atoms with van der Waals surface area (Å²) in [6.45, 7) is -3.14. The normalized spacial score (nSPS) is 11.3. The minimum Gasteiger partial charge on any atom is -0.435 e. The molecule has 0 unspecified atom stereocenters. The lowest BCUT2D eigenvalue weighted by molar-refractivity contribution is -0.0500. The van der Waals surface area contributed by atoms with Crippen molar-refractivity contribution in [1.82, 2.24) is 0 Å². The van der Waals surface area contributed by atoms with E-state index >= 15 is 0 Å². The molecule has 1 rings (SSSR count). The number of rotatable bonds is 3. The van der Waals surface area contributed by atoms with Gasteiger partial charge in [-0.3, -0.25) is 0 Å². The monoisotopic (exact) mass is 299 g/mol. The fourth-order valence-electron chi connectivity index (χ4n) is 1.02. The van der Waals surface area contributed by atoms with E-state index < -0.39 is 26.3 Å². The number of thiol groups is 1. The first kappa shape index (κ1) is 14.0. The van der Waals surface area contributed by atoms with Gasteiger partial charge in [0.2, 0.25) is 0 Å². The zero-order valence-corrected chi connectivity index (χ0v) is 10.4. The molecule has 0 bridgehead atoms. The largest absolute Gasteiger partial charge is 0.435 e. The minimum atomic E-state index is -4.20. The van der Waals surface area contributed by atoms with Gasteiger partial charge in [0, 0.05) is 21.6 Å². The van der Waals surface area contributed by atoms with Crippen molar-refractivity contribution in [3.63, 3.8) is 0 Å². The Balaban J connectivity index is 3.46. The lowest BCUT2D eigenvalue weighted by Gasteiger charge is -2.08. The van der Waals surface area contributed by atoms with Crippen LogP contribution in [0.2, 0.25) is 0 Å². The van der Waals surface area contributed by atoms with Crippen LogP contribution < -0.4 is 4.74 Å². The highest BCUT2D eigenvalue weighted by atomic mass is 35.7. The van der Waals surface area contributed by atoms with E-state index in [1.54, 1.807) is 6.07 Å². The Hall–Kier alpha value is -1.04. The topological polar surface area (TPSA) is 67.2 Å². The number of nitrogens with zero attached hydrogens (tertiary/aromatic N) is 1. The lowest BCUT2D eigenvalue weighted by atomic mass is 10.2. The van der Waals surface area contributed by atoms with Gasteiger partial charge in [-0.25, -0.2) is 8.42 Å². The molecule has 0 saturated heterocycles. The van der Waals surface area contributed by atoms with Crippen LogP contribution >= 0.6 is 23.3 Å². The Kier molecular flexibility index (Phi) is 4.19. The number of ether oxygens (including phenoxy) is 1. The first-order valence-electron chi connectivity index (χ1n) is 3.92. The van der Waals surface area contributed by atoms with E-state index in [-0.39, 0.29) is 10.5 Å². The number of hydrogen-bond donors (Lipinski definition) is 1. The van der Waals surface area contributed by atoms with Crippen molar-refractivity contribution in [3.8, 4) is 11.8 Å². The fourth-order valence-corrected chi connectivity index (χ4v) is 2.69.